The lowest BCUT2D eigenvalue weighted by Crippen LogP contribution is -2.46. The number of likely N-dealkylation sites (tertiary alicyclic amines) is 1. The topological polar surface area (TPSA) is 49.8 Å². The Morgan fingerprint density at radius 2 is 2.05 bits per heavy atom. The summed E-state index contributed by atoms with van der Waals surface area (Å²) in [7, 11) is 0. The SMILES string of the molecule is CC[C@@H]1C[C@H](CN2[C@H](C(=O)O)C[C@H]3CCCC[C@@H]32)CCO1. The molecule has 1 aliphatic carbocycles. The molecule has 1 N–H and O–H groups in total. The Bertz CT molecular complexity index is 373. The van der Waals surface area contributed by atoms with Crippen LogP contribution in [0.1, 0.15) is 58.3 Å². The number of ether oxygens (including phenoxy) is 1. The van der Waals surface area contributed by atoms with Gasteiger partial charge in [0, 0.05) is 19.2 Å². The lowest BCUT2D eigenvalue weighted by Gasteiger charge is -2.37. The molecule has 0 amide bonds. The fourth-order valence-corrected chi connectivity index (χ4v) is 4.77. The molecule has 21 heavy (non-hydrogen) atoms. The van der Waals surface area contributed by atoms with Gasteiger partial charge in [-0.05, 0) is 50.4 Å². The fourth-order valence-electron chi connectivity index (χ4n) is 4.77. The van der Waals surface area contributed by atoms with E-state index in [0.717, 1.165) is 38.8 Å². The molecule has 3 fully saturated rings. The number of carbonyl (C=O) groups is 1. The van der Waals surface area contributed by atoms with Crippen molar-refractivity contribution in [3.05, 3.63) is 0 Å². The van der Waals surface area contributed by atoms with E-state index >= 15 is 0 Å². The largest absolute Gasteiger partial charge is 0.480 e. The van der Waals surface area contributed by atoms with Crippen molar-refractivity contribution in [1.29, 1.82) is 0 Å². The molecule has 2 heterocycles. The summed E-state index contributed by atoms with van der Waals surface area (Å²) >= 11 is 0. The van der Waals surface area contributed by atoms with Gasteiger partial charge >= 0.3 is 5.97 Å². The second-order valence-corrected chi connectivity index (χ2v) is 7.19. The number of fused-ring (bicyclic) bond motifs is 1. The molecule has 0 aromatic heterocycles. The quantitative estimate of drug-likeness (QED) is 0.866. The molecule has 2 aliphatic heterocycles. The van der Waals surface area contributed by atoms with Crippen LogP contribution in [0.4, 0.5) is 0 Å². The Hall–Kier alpha value is -0.610. The first-order valence-electron chi connectivity index (χ1n) is 8.79. The molecule has 0 spiro atoms. The molecule has 3 rings (SSSR count). The van der Waals surface area contributed by atoms with E-state index in [9.17, 15) is 9.90 Å². The zero-order valence-electron chi connectivity index (χ0n) is 13.2. The summed E-state index contributed by atoms with van der Waals surface area (Å²) in [5.74, 6) is 0.636. The van der Waals surface area contributed by atoms with Crippen molar-refractivity contribution in [2.75, 3.05) is 13.2 Å². The van der Waals surface area contributed by atoms with Gasteiger partial charge in [-0.25, -0.2) is 0 Å². The number of hydrogen-bond acceptors (Lipinski definition) is 3. The van der Waals surface area contributed by atoms with Crippen LogP contribution in [-0.4, -0.2) is 47.3 Å². The maximum Gasteiger partial charge on any atom is 0.320 e. The zero-order chi connectivity index (χ0) is 14.8. The number of carboxylic acid groups (broad SMARTS) is 1. The molecule has 2 saturated heterocycles. The van der Waals surface area contributed by atoms with Crippen molar-refractivity contribution in [2.45, 2.75) is 76.5 Å². The van der Waals surface area contributed by atoms with Crippen molar-refractivity contribution < 1.29 is 14.6 Å². The molecule has 1 saturated carbocycles. The standard InChI is InChI=1S/C17H29NO3/c1-2-14-9-12(7-8-21-14)11-18-15-6-4-3-5-13(15)10-16(18)17(19)20/h12-16H,2-11H2,1H3,(H,19,20)/t12-,13-,14-,15+,16+/m1/s1. The molecular formula is C17H29NO3. The predicted octanol–water partition coefficient (Wildman–Crippen LogP) is 2.91. The van der Waals surface area contributed by atoms with Crippen LogP contribution in [-0.2, 0) is 9.53 Å². The second-order valence-electron chi connectivity index (χ2n) is 7.19. The number of aliphatic carboxylic acids is 1. The van der Waals surface area contributed by atoms with E-state index < -0.39 is 5.97 Å². The number of nitrogens with zero attached hydrogens (tertiary/aromatic N) is 1. The van der Waals surface area contributed by atoms with Crippen molar-refractivity contribution >= 4 is 5.97 Å². The minimum Gasteiger partial charge on any atom is -0.480 e. The van der Waals surface area contributed by atoms with Crippen LogP contribution in [0.5, 0.6) is 0 Å². The number of carboxylic acids is 1. The van der Waals surface area contributed by atoms with Crippen LogP contribution < -0.4 is 0 Å². The third-order valence-electron chi connectivity index (χ3n) is 5.91. The van der Waals surface area contributed by atoms with E-state index in [0.29, 0.717) is 24.0 Å². The van der Waals surface area contributed by atoms with E-state index in [-0.39, 0.29) is 6.04 Å². The van der Waals surface area contributed by atoms with Gasteiger partial charge in [0.25, 0.3) is 0 Å². The van der Waals surface area contributed by atoms with E-state index in [2.05, 4.69) is 11.8 Å². The molecule has 0 bridgehead atoms. The molecule has 5 atom stereocenters. The van der Waals surface area contributed by atoms with Crippen LogP contribution in [0.2, 0.25) is 0 Å². The van der Waals surface area contributed by atoms with Crippen LogP contribution >= 0.6 is 0 Å². The number of hydrogen-bond donors (Lipinski definition) is 1. The average Bonchev–Trinajstić information content (AvgIpc) is 2.87. The predicted molar refractivity (Wildman–Crippen MR) is 81.2 cm³/mol. The second kappa shape index (κ2) is 6.66. The van der Waals surface area contributed by atoms with Gasteiger partial charge in [0.1, 0.15) is 6.04 Å². The van der Waals surface area contributed by atoms with E-state index in [1.807, 2.05) is 0 Å². The van der Waals surface area contributed by atoms with Gasteiger partial charge in [-0.3, -0.25) is 9.69 Å². The molecule has 120 valence electrons. The van der Waals surface area contributed by atoms with Gasteiger partial charge in [-0.1, -0.05) is 19.8 Å². The summed E-state index contributed by atoms with van der Waals surface area (Å²) in [6, 6.07) is 0.295. The molecule has 0 aromatic carbocycles. The van der Waals surface area contributed by atoms with E-state index in [1.165, 1.54) is 25.7 Å². The van der Waals surface area contributed by atoms with Crippen LogP contribution in [0.15, 0.2) is 0 Å². The van der Waals surface area contributed by atoms with Gasteiger partial charge in [0.15, 0.2) is 0 Å². The van der Waals surface area contributed by atoms with Gasteiger partial charge in [0.2, 0.25) is 0 Å². The first-order valence-corrected chi connectivity index (χ1v) is 8.79. The molecule has 0 aromatic rings. The van der Waals surface area contributed by atoms with Crippen molar-refractivity contribution in [2.24, 2.45) is 11.8 Å². The Morgan fingerprint density at radius 1 is 1.24 bits per heavy atom. The zero-order valence-corrected chi connectivity index (χ0v) is 13.2. The van der Waals surface area contributed by atoms with Crippen LogP contribution in [0.3, 0.4) is 0 Å². The molecule has 3 aliphatic rings. The highest BCUT2D eigenvalue weighted by molar-refractivity contribution is 5.74. The van der Waals surface area contributed by atoms with Crippen molar-refractivity contribution in [3.8, 4) is 0 Å². The lowest BCUT2D eigenvalue weighted by molar-refractivity contribution is -0.143. The minimum absolute atomic E-state index is 0.235. The Kier molecular flexibility index (Phi) is 4.85. The van der Waals surface area contributed by atoms with Crippen molar-refractivity contribution in [1.82, 2.24) is 4.90 Å². The molecular weight excluding hydrogens is 266 g/mol. The number of rotatable bonds is 4. The Balaban J connectivity index is 1.67. The summed E-state index contributed by atoms with van der Waals surface area (Å²) in [5.41, 5.74) is 0. The summed E-state index contributed by atoms with van der Waals surface area (Å²) in [6.45, 7) is 4.00. The third kappa shape index (κ3) is 3.26. The smallest absolute Gasteiger partial charge is 0.320 e. The first kappa shape index (κ1) is 15.3. The summed E-state index contributed by atoms with van der Waals surface area (Å²) in [4.78, 5) is 14.0. The molecule has 4 nitrogen and oxygen atoms in total. The van der Waals surface area contributed by atoms with Crippen LogP contribution in [0.25, 0.3) is 0 Å². The minimum atomic E-state index is -0.608. The fraction of sp³-hybridized carbons (Fsp3) is 0.941. The average molecular weight is 295 g/mol. The lowest BCUT2D eigenvalue weighted by atomic mass is 9.84. The Morgan fingerprint density at radius 3 is 2.81 bits per heavy atom. The van der Waals surface area contributed by atoms with Gasteiger partial charge in [0.05, 0.1) is 6.10 Å². The Labute approximate surface area is 127 Å². The summed E-state index contributed by atoms with van der Waals surface area (Å²) in [6.07, 6.45) is 9.53. The van der Waals surface area contributed by atoms with Gasteiger partial charge in [-0.15, -0.1) is 0 Å². The molecule has 0 unspecified atom stereocenters. The highest BCUT2D eigenvalue weighted by Crippen LogP contribution is 2.41. The molecule has 4 heteroatoms. The molecule has 0 radical (unpaired) electrons. The highest BCUT2D eigenvalue weighted by atomic mass is 16.5. The summed E-state index contributed by atoms with van der Waals surface area (Å²) < 4.78 is 5.77. The van der Waals surface area contributed by atoms with E-state index in [4.69, 9.17) is 4.74 Å². The van der Waals surface area contributed by atoms with Crippen LogP contribution in [0, 0.1) is 11.8 Å². The normalized spacial score (nSPS) is 40.9. The first-order chi connectivity index (χ1) is 10.2. The van der Waals surface area contributed by atoms with Gasteiger partial charge in [-0.2, -0.15) is 0 Å². The monoisotopic (exact) mass is 295 g/mol. The van der Waals surface area contributed by atoms with Crippen molar-refractivity contribution in [3.63, 3.8) is 0 Å². The maximum absolute atomic E-state index is 11.7. The van der Waals surface area contributed by atoms with Gasteiger partial charge < -0.3 is 9.84 Å². The maximum atomic E-state index is 11.7. The summed E-state index contributed by atoms with van der Waals surface area (Å²) in [5, 5.41) is 9.59. The highest BCUT2D eigenvalue weighted by Gasteiger charge is 2.45. The third-order valence-corrected chi connectivity index (χ3v) is 5.91. The van der Waals surface area contributed by atoms with E-state index in [1.54, 1.807) is 0 Å².